The number of carbonyl (C=O) groups excluding carboxylic acids is 1. The normalized spacial score (nSPS) is 49.1. The number of carbonyl (C=O) groups is 1. The maximum absolute atomic E-state index is 10.9. The standard InChI is InChI=1S/C6H8O4S/c7-2-1-11-5-3(8)4(2)10-6(5)9/h2-5,7-8H,1H2/t2-,3-,4-,5+/m1/s1. The number of rotatable bonds is 0. The maximum atomic E-state index is 10.9. The zero-order chi connectivity index (χ0) is 8.01. The van der Waals surface area contributed by atoms with E-state index < -0.39 is 29.5 Å². The van der Waals surface area contributed by atoms with Crippen molar-refractivity contribution in [2.45, 2.75) is 23.6 Å². The van der Waals surface area contributed by atoms with Gasteiger partial charge in [-0.3, -0.25) is 4.79 Å². The molecule has 0 radical (unpaired) electrons. The van der Waals surface area contributed by atoms with E-state index in [0.29, 0.717) is 5.75 Å². The minimum atomic E-state index is -0.823. The van der Waals surface area contributed by atoms with Gasteiger partial charge < -0.3 is 14.9 Å². The van der Waals surface area contributed by atoms with E-state index in [0.717, 1.165) is 0 Å². The van der Waals surface area contributed by atoms with Crippen LogP contribution >= 0.6 is 11.8 Å². The number of fused-ring (bicyclic) bond motifs is 2. The second kappa shape index (κ2) is 2.36. The van der Waals surface area contributed by atoms with Gasteiger partial charge in [0, 0.05) is 5.75 Å². The van der Waals surface area contributed by atoms with Gasteiger partial charge in [-0.15, -0.1) is 11.8 Å². The first kappa shape index (κ1) is 7.39. The Kier molecular flexibility index (Phi) is 1.59. The summed E-state index contributed by atoms with van der Waals surface area (Å²) in [6.07, 6.45) is -2.22. The number of esters is 1. The third kappa shape index (κ3) is 0.953. The monoisotopic (exact) mass is 176 g/mol. The summed E-state index contributed by atoms with van der Waals surface area (Å²) in [4.78, 5) is 10.9. The Bertz CT molecular complexity index is 195. The second-order valence-corrected chi connectivity index (χ2v) is 3.89. The molecule has 2 rings (SSSR count). The van der Waals surface area contributed by atoms with Gasteiger partial charge in [0.1, 0.15) is 17.5 Å². The lowest BCUT2D eigenvalue weighted by atomic mass is 10.1. The fourth-order valence-electron chi connectivity index (χ4n) is 1.35. The molecule has 2 bridgehead atoms. The smallest absolute Gasteiger partial charge is 0.322 e. The van der Waals surface area contributed by atoms with Crippen LogP contribution < -0.4 is 0 Å². The fraction of sp³-hybridized carbons (Fsp3) is 0.833. The van der Waals surface area contributed by atoms with Gasteiger partial charge in [0.2, 0.25) is 0 Å². The third-order valence-corrected chi connectivity index (χ3v) is 3.32. The minimum absolute atomic E-state index is 0.399. The van der Waals surface area contributed by atoms with Crippen molar-refractivity contribution in [1.82, 2.24) is 0 Å². The van der Waals surface area contributed by atoms with Gasteiger partial charge in [-0.2, -0.15) is 0 Å². The Balaban J connectivity index is 2.23. The van der Waals surface area contributed by atoms with Crippen LogP contribution in [0.3, 0.4) is 0 Å². The Hall–Kier alpha value is -0.260. The molecule has 0 aromatic rings. The summed E-state index contributed by atoms with van der Waals surface area (Å²) in [5.41, 5.74) is 0. The summed E-state index contributed by atoms with van der Waals surface area (Å²) in [5, 5.41) is 18.1. The molecule has 2 heterocycles. The maximum Gasteiger partial charge on any atom is 0.322 e. The molecule has 2 N–H and O–H groups in total. The van der Waals surface area contributed by atoms with E-state index in [-0.39, 0.29) is 0 Å². The summed E-state index contributed by atoms with van der Waals surface area (Å²) >= 11 is 1.25. The van der Waals surface area contributed by atoms with Crippen molar-refractivity contribution in [3.05, 3.63) is 0 Å². The van der Waals surface area contributed by atoms with E-state index in [1.807, 2.05) is 0 Å². The van der Waals surface area contributed by atoms with Crippen molar-refractivity contribution in [2.24, 2.45) is 0 Å². The number of hydrogen-bond acceptors (Lipinski definition) is 5. The molecule has 0 amide bonds. The summed E-state index contributed by atoms with van der Waals surface area (Å²) < 4.78 is 4.75. The van der Waals surface area contributed by atoms with Crippen molar-refractivity contribution in [3.8, 4) is 0 Å². The molecule has 11 heavy (non-hydrogen) atoms. The Morgan fingerprint density at radius 2 is 2.27 bits per heavy atom. The first-order valence-electron chi connectivity index (χ1n) is 3.38. The van der Waals surface area contributed by atoms with E-state index in [4.69, 9.17) is 4.74 Å². The van der Waals surface area contributed by atoms with Gasteiger partial charge in [-0.1, -0.05) is 0 Å². The summed E-state index contributed by atoms with van der Waals surface area (Å²) in [6, 6.07) is 0. The topological polar surface area (TPSA) is 66.8 Å². The molecule has 4 nitrogen and oxygen atoms in total. The molecule has 5 heteroatoms. The van der Waals surface area contributed by atoms with Crippen molar-refractivity contribution in [3.63, 3.8) is 0 Å². The van der Waals surface area contributed by atoms with Crippen LogP contribution in [0.4, 0.5) is 0 Å². The number of thioether (sulfide) groups is 1. The number of aliphatic hydroxyl groups is 2. The van der Waals surface area contributed by atoms with Gasteiger partial charge in [0.15, 0.2) is 6.10 Å². The molecule has 2 saturated heterocycles. The molecule has 0 saturated carbocycles. The fourth-order valence-corrected chi connectivity index (χ4v) is 2.49. The van der Waals surface area contributed by atoms with E-state index in [9.17, 15) is 15.0 Å². The highest BCUT2D eigenvalue weighted by molar-refractivity contribution is 8.00. The van der Waals surface area contributed by atoms with Crippen molar-refractivity contribution < 1.29 is 19.7 Å². The molecule has 0 spiro atoms. The van der Waals surface area contributed by atoms with Crippen molar-refractivity contribution >= 4 is 17.7 Å². The van der Waals surface area contributed by atoms with Crippen molar-refractivity contribution in [1.29, 1.82) is 0 Å². The summed E-state index contributed by atoms with van der Waals surface area (Å²) in [5.74, 6) is 0.0713. The van der Waals surface area contributed by atoms with Crippen LogP contribution in [0.2, 0.25) is 0 Å². The summed E-state index contributed by atoms with van der Waals surface area (Å²) in [7, 11) is 0. The first-order valence-corrected chi connectivity index (χ1v) is 4.43. The molecule has 0 unspecified atom stereocenters. The molecule has 0 aromatic heterocycles. The lowest BCUT2D eigenvalue weighted by Gasteiger charge is -2.25. The van der Waals surface area contributed by atoms with Crippen LogP contribution in [0.15, 0.2) is 0 Å². The number of aliphatic hydroxyl groups excluding tert-OH is 2. The van der Waals surface area contributed by atoms with Crippen LogP contribution in [-0.4, -0.2) is 45.5 Å². The van der Waals surface area contributed by atoms with E-state index in [1.165, 1.54) is 11.8 Å². The molecule has 2 fully saturated rings. The lowest BCUT2D eigenvalue weighted by Crippen LogP contribution is -2.43. The number of hydrogen-bond donors (Lipinski definition) is 2. The predicted molar refractivity (Wildman–Crippen MR) is 38.1 cm³/mol. The zero-order valence-corrected chi connectivity index (χ0v) is 6.45. The Morgan fingerprint density at radius 3 is 2.91 bits per heavy atom. The van der Waals surface area contributed by atoms with Gasteiger partial charge in [-0.05, 0) is 0 Å². The average molecular weight is 176 g/mol. The number of ether oxygens (including phenoxy) is 1. The minimum Gasteiger partial charge on any atom is -0.456 e. The van der Waals surface area contributed by atoms with Crippen LogP contribution in [0.5, 0.6) is 0 Å². The van der Waals surface area contributed by atoms with Gasteiger partial charge in [0.05, 0.1) is 0 Å². The Labute approximate surface area is 67.5 Å². The highest BCUT2D eigenvalue weighted by Crippen LogP contribution is 2.34. The van der Waals surface area contributed by atoms with Crippen LogP contribution in [0.25, 0.3) is 0 Å². The van der Waals surface area contributed by atoms with Crippen LogP contribution in [0, 0.1) is 0 Å². The Morgan fingerprint density at radius 1 is 1.55 bits per heavy atom. The van der Waals surface area contributed by atoms with Gasteiger partial charge in [-0.25, -0.2) is 0 Å². The molecule has 0 aliphatic carbocycles. The molecule has 0 aromatic carbocycles. The quantitative estimate of drug-likeness (QED) is 0.451. The first-order chi connectivity index (χ1) is 5.20. The molecule has 2 aliphatic rings. The van der Waals surface area contributed by atoms with E-state index in [2.05, 4.69) is 0 Å². The van der Waals surface area contributed by atoms with E-state index in [1.54, 1.807) is 0 Å². The summed E-state index contributed by atoms with van der Waals surface area (Å²) in [6.45, 7) is 0. The predicted octanol–water partition coefficient (Wildman–Crippen LogP) is -1.25. The molecule has 4 atom stereocenters. The zero-order valence-electron chi connectivity index (χ0n) is 5.64. The van der Waals surface area contributed by atoms with Gasteiger partial charge in [0.25, 0.3) is 0 Å². The third-order valence-electron chi connectivity index (χ3n) is 1.96. The largest absolute Gasteiger partial charge is 0.456 e. The highest BCUT2D eigenvalue weighted by atomic mass is 32.2. The lowest BCUT2D eigenvalue weighted by molar-refractivity contribution is -0.145. The van der Waals surface area contributed by atoms with Crippen LogP contribution in [0.1, 0.15) is 0 Å². The average Bonchev–Trinajstić information content (AvgIpc) is 2.12. The second-order valence-electron chi connectivity index (χ2n) is 2.71. The van der Waals surface area contributed by atoms with Crippen LogP contribution in [-0.2, 0) is 9.53 Å². The highest BCUT2D eigenvalue weighted by Gasteiger charge is 2.51. The SMILES string of the molecule is O=C1O[C@H]2[C@@H](O)[C@@H]1SC[C@H]2O. The molecule has 2 aliphatic heterocycles. The van der Waals surface area contributed by atoms with Crippen molar-refractivity contribution in [2.75, 3.05) is 5.75 Å². The molecular formula is C6H8O4S. The molecular weight excluding hydrogens is 168 g/mol. The molecule has 62 valence electrons. The van der Waals surface area contributed by atoms with E-state index >= 15 is 0 Å². The van der Waals surface area contributed by atoms with Gasteiger partial charge >= 0.3 is 5.97 Å².